The standard InChI is InChI=1S/C27H21N/c1-18-15-20-11-5-7-13-22(20)26(18)24-16-21-12-6-8-14-23(21)27(25(24)17-28)19-9-3-2-4-10-19/h2-17,26,28H,1H3. The molecular weight excluding hydrogens is 338 g/mol. The van der Waals surface area contributed by atoms with Crippen LogP contribution in [0.15, 0.2) is 90.5 Å². The minimum Gasteiger partial charge on any atom is -0.308 e. The molecule has 28 heavy (non-hydrogen) atoms. The predicted molar refractivity (Wildman–Crippen MR) is 119 cm³/mol. The lowest BCUT2D eigenvalue weighted by Crippen LogP contribution is -2.06. The van der Waals surface area contributed by atoms with Gasteiger partial charge in [-0.3, -0.25) is 0 Å². The summed E-state index contributed by atoms with van der Waals surface area (Å²) in [4.78, 5) is 0. The molecule has 0 amide bonds. The van der Waals surface area contributed by atoms with Crippen LogP contribution in [0.25, 0.3) is 28.0 Å². The molecule has 0 heterocycles. The molecule has 1 aliphatic rings. The Morgan fingerprint density at radius 3 is 2.32 bits per heavy atom. The molecule has 0 saturated heterocycles. The van der Waals surface area contributed by atoms with Crippen LogP contribution >= 0.6 is 0 Å². The number of fused-ring (bicyclic) bond motifs is 2. The molecule has 5 rings (SSSR count). The van der Waals surface area contributed by atoms with E-state index in [0.29, 0.717) is 0 Å². The van der Waals surface area contributed by atoms with Gasteiger partial charge in [0.25, 0.3) is 0 Å². The molecule has 4 aromatic carbocycles. The van der Waals surface area contributed by atoms with E-state index < -0.39 is 0 Å². The molecule has 0 radical (unpaired) electrons. The van der Waals surface area contributed by atoms with Crippen LogP contribution in [0.3, 0.4) is 0 Å². The van der Waals surface area contributed by atoms with Crippen molar-refractivity contribution in [1.82, 2.24) is 0 Å². The van der Waals surface area contributed by atoms with Gasteiger partial charge >= 0.3 is 0 Å². The summed E-state index contributed by atoms with van der Waals surface area (Å²) in [5.74, 6) is 0.194. The predicted octanol–water partition coefficient (Wildman–Crippen LogP) is 7.05. The largest absolute Gasteiger partial charge is 0.308 e. The van der Waals surface area contributed by atoms with Crippen LogP contribution in [0.5, 0.6) is 0 Å². The second-order valence-corrected chi connectivity index (χ2v) is 7.44. The fourth-order valence-corrected chi connectivity index (χ4v) is 4.59. The summed E-state index contributed by atoms with van der Waals surface area (Å²) >= 11 is 0. The average molecular weight is 359 g/mol. The van der Waals surface area contributed by atoms with Gasteiger partial charge in [-0.2, -0.15) is 0 Å². The van der Waals surface area contributed by atoms with E-state index in [9.17, 15) is 0 Å². The van der Waals surface area contributed by atoms with Crippen molar-refractivity contribution in [2.75, 3.05) is 0 Å². The third kappa shape index (κ3) is 2.51. The lowest BCUT2D eigenvalue weighted by molar-refractivity contribution is 0.977. The van der Waals surface area contributed by atoms with Crippen LogP contribution in [0.1, 0.15) is 35.1 Å². The number of nitrogens with one attached hydrogen (secondary N) is 1. The van der Waals surface area contributed by atoms with E-state index >= 15 is 0 Å². The summed E-state index contributed by atoms with van der Waals surface area (Å²) in [6.07, 6.45) is 3.82. The van der Waals surface area contributed by atoms with Crippen molar-refractivity contribution < 1.29 is 0 Å². The zero-order valence-electron chi connectivity index (χ0n) is 15.8. The third-order valence-corrected chi connectivity index (χ3v) is 5.78. The van der Waals surface area contributed by atoms with Crippen molar-refractivity contribution in [3.8, 4) is 11.1 Å². The van der Waals surface area contributed by atoms with Crippen LogP contribution in [0, 0.1) is 5.41 Å². The molecule has 0 spiro atoms. The molecule has 1 unspecified atom stereocenters. The van der Waals surface area contributed by atoms with E-state index in [1.807, 2.05) is 6.07 Å². The SMILES string of the molecule is CC1=Cc2ccccc2C1c1cc2ccccc2c(-c2ccccc2)c1C=N. The summed E-state index contributed by atoms with van der Waals surface area (Å²) in [5, 5.41) is 10.7. The van der Waals surface area contributed by atoms with Gasteiger partial charge in [-0.15, -0.1) is 0 Å². The monoisotopic (exact) mass is 359 g/mol. The first-order valence-electron chi connectivity index (χ1n) is 9.66. The van der Waals surface area contributed by atoms with Crippen LogP contribution in [0.2, 0.25) is 0 Å². The molecule has 1 heteroatoms. The zero-order valence-corrected chi connectivity index (χ0v) is 15.8. The maximum Gasteiger partial charge on any atom is 0.0312 e. The van der Waals surface area contributed by atoms with Crippen molar-refractivity contribution in [2.24, 2.45) is 0 Å². The van der Waals surface area contributed by atoms with Gasteiger partial charge in [-0.05, 0) is 51.6 Å². The first-order valence-corrected chi connectivity index (χ1v) is 9.66. The van der Waals surface area contributed by atoms with E-state index in [-0.39, 0.29) is 5.92 Å². The van der Waals surface area contributed by atoms with E-state index in [2.05, 4.69) is 91.9 Å². The molecule has 0 aromatic heterocycles. The topological polar surface area (TPSA) is 23.9 Å². The molecule has 134 valence electrons. The van der Waals surface area contributed by atoms with E-state index in [1.165, 1.54) is 33.0 Å². The Kier molecular flexibility index (Phi) is 3.95. The molecule has 1 atom stereocenters. The van der Waals surface area contributed by atoms with Gasteiger partial charge in [0.2, 0.25) is 0 Å². The van der Waals surface area contributed by atoms with Crippen LogP contribution in [0.4, 0.5) is 0 Å². The highest BCUT2D eigenvalue weighted by Gasteiger charge is 2.27. The van der Waals surface area contributed by atoms with Gasteiger partial charge in [-0.1, -0.05) is 90.5 Å². The minimum atomic E-state index is 0.194. The molecule has 1 N–H and O–H groups in total. The Labute approximate surface area is 165 Å². The van der Waals surface area contributed by atoms with Crippen LogP contribution in [-0.2, 0) is 0 Å². The van der Waals surface area contributed by atoms with Gasteiger partial charge < -0.3 is 5.41 Å². The van der Waals surface area contributed by atoms with Crippen molar-refractivity contribution in [1.29, 1.82) is 5.41 Å². The Morgan fingerprint density at radius 1 is 0.786 bits per heavy atom. The fourth-order valence-electron chi connectivity index (χ4n) is 4.59. The Bertz CT molecular complexity index is 1230. The van der Waals surface area contributed by atoms with Gasteiger partial charge in [0.1, 0.15) is 0 Å². The first-order chi connectivity index (χ1) is 13.8. The van der Waals surface area contributed by atoms with Gasteiger partial charge in [0, 0.05) is 17.7 Å². The van der Waals surface area contributed by atoms with E-state index in [1.54, 1.807) is 6.21 Å². The minimum absolute atomic E-state index is 0.194. The smallest absolute Gasteiger partial charge is 0.0312 e. The highest BCUT2D eigenvalue weighted by molar-refractivity contribution is 6.06. The molecule has 1 aliphatic carbocycles. The van der Waals surface area contributed by atoms with E-state index in [0.717, 1.165) is 16.7 Å². The van der Waals surface area contributed by atoms with E-state index in [4.69, 9.17) is 5.41 Å². The lowest BCUT2D eigenvalue weighted by atomic mass is 9.81. The number of hydrogen-bond donors (Lipinski definition) is 1. The van der Waals surface area contributed by atoms with Gasteiger partial charge in [0.15, 0.2) is 0 Å². The second-order valence-electron chi connectivity index (χ2n) is 7.44. The Hall–Kier alpha value is -3.45. The van der Waals surface area contributed by atoms with Crippen molar-refractivity contribution >= 4 is 23.1 Å². The summed E-state index contributed by atoms with van der Waals surface area (Å²) in [7, 11) is 0. The number of hydrogen-bond acceptors (Lipinski definition) is 1. The fraction of sp³-hybridized carbons (Fsp3) is 0.0741. The lowest BCUT2D eigenvalue weighted by Gasteiger charge is -2.22. The normalized spacial score (nSPS) is 15.3. The summed E-state index contributed by atoms with van der Waals surface area (Å²) < 4.78 is 0. The van der Waals surface area contributed by atoms with Crippen LogP contribution in [-0.4, -0.2) is 6.21 Å². The highest BCUT2D eigenvalue weighted by atomic mass is 14.4. The van der Waals surface area contributed by atoms with Crippen molar-refractivity contribution in [2.45, 2.75) is 12.8 Å². The Morgan fingerprint density at radius 2 is 1.50 bits per heavy atom. The van der Waals surface area contributed by atoms with Gasteiger partial charge in [0.05, 0.1) is 0 Å². The molecular formula is C27H21N. The molecule has 4 aromatic rings. The molecule has 0 aliphatic heterocycles. The highest BCUT2D eigenvalue weighted by Crippen LogP contribution is 2.45. The second kappa shape index (κ2) is 6.61. The summed E-state index contributed by atoms with van der Waals surface area (Å²) in [6, 6.07) is 29.9. The average Bonchev–Trinajstić information content (AvgIpc) is 3.08. The van der Waals surface area contributed by atoms with Crippen molar-refractivity contribution in [3.63, 3.8) is 0 Å². The number of benzene rings is 4. The Balaban J connectivity index is 1.87. The number of allylic oxidation sites excluding steroid dienone is 1. The van der Waals surface area contributed by atoms with Crippen LogP contribution < -0.4 is 0 Å². The molecule has 0 fully saturated rings. The third-order valence-electron chi connectivity index (χ3n) is 5.78. The summed E-state index contributed by atoms with van der Waals surface area (Å²) in [5.41, 5.74) is 8.49. The first kappa shape index (κ1) is 16.7. The maximum atomic E-state index is 8.32. The maximum absolute atomic E-state index is 8.32. The van der Waals surface area contributed by atoms with Gasteiger partial charge in [-0.25, -0.2) is 0 Å². The zero-order chi connectivity index (χ0) is 19.1. The molecule has 0 saturated carbocycles. The number of rotatable bonds is 3. The molecule has 0 bridgehead atoms. The van der Waals surface area contributed by atoms with Crippen molar-refractivity contribution in [3.05, 3.63) is 113 Å². The molecule has 1 nitrogen and oxygen atoms in total. The summed E-state index contributed by atoms with van der Waals surface area (Å²) in [6.45, 7) is 2.20. The quantitative estimate of drug-likeness (QED) is 0.379.